The first-order valence-electron chi connectivity index (χ1n) is 6.24. The standard InChI is InChI=1S/C14H20NO.Li/c1-12(15-10-6-3-7-11-15)14(16)13-8-4-2-5-9-13;/h2,4-5,8-9,12,14H,3,6-7,10-11H2,1H3;/q-1;+1/t12-,14-;/m1./s1. The molecule has 0 radical (unpaired) electrons. The van der Waals surface area contributed by atoms with Crippen LogP contribution < -0.4 is 24.0 Å². The second-order valence-electron chi connectivity index (χ2n) is 4.67. The topological polar surface area (TPSA) is 26.3 Å². The first-order valence-corrected chi connectivity index (χ1v) is 6.24. The SMILES string of the molecule is C[C@H]([C@@H]([O-])c1ccccc1)N1CCCCC1.[Li+]. The maximum absolute atomic E-state index is 12.3. The monoisotopic (exact) mass is 225 g/mol. The number of benzene rings is 1. The molecule has 1 saturated heterocycles. The summed E-state index contributed by atoms with van der Waals surface area (Å²) in [5.41, 5.74) is 0.917. The number of rotatable bonds is 3. The van der Waals surface area contributed by atoms with E-state index < -0.39 is 6.10 Å². The van der Waals surface area contributed by atoms with Gasteiger partial charge in [-0.2, -0.15) is 0 Å². The van der Waals surface area contributed by atoms with Gasteiger partial charge in [-0.05, 0) is 32.0 Å². The molecule has 0 unspecified atom stereocenters. The van der Waals surface area contributed by atoms with Crippen molar-refractivity contribution in [3.05, 3.63) is 35.9 Å². The molecule has 17 heavy (non-hydrogen) atoms. The fraction of sp³-hybridized carbons (Fsp3) is 0.571. The molecule has 3 heteroatoms. The van der Waals surface area contributed by atoms with Crippen molar-refractivity contribution in [3.8, 4) is 0 Å². The second kappa shape index (κ2) is 7.23. The molecule has 0 bridgehead atoms. The molecule has 1 aromatic rings. The van der Waals surface area contributed by atoms with E-state index >= 15 is 0 Å². The van der Waals surface area contributed by atoms with Crippen LogP contribution in [0.3, 0.4) is 0 Å². The van der Waals surface area contributed by atoms with Gasteiger partial charge < -0.3 is 10.0 Å². The van der Waals surface area contributed by atoms with Crippen LogP contribution in [-0.4, -0.2) is 24.0 Å². The zero-order valence-corrected chi connectivity index (χ0v) is 10.9. The van der Waals surface area contributed by atoms with Gasteiger partial charge in [0.25, 0.3) is 0 Å². The summed E-state index contributed by atoms with van der Waals surface area (Å²) in [4.78, 5) is 2.34. The summed E-state index contributed by atoms with van der Waals surface area (Å²) in [6, 6.07) is 9.85. The van der Waals surface area contributed by atoms with Crippen LogP contribution in [-0.2, 0) is 0 Å². The molecule has 1 heterocycles. The van der Waals surface area contributed by atoms with Gasteiger partial charge in [0.2, 0.25) is 0 Å². The first-order chi connectivity index (χ1) is 7.79. The largest absolute Gasteiger partial charge is 1.00 e. The third kappa shape index (κ3) is 3.86. The average Bonchev–Trinajstić information content (AvgIpc) is 2.39. The van der Waals surface area contributed by atoms with Gasteiger partial charge >= 0.3 is 18.9 Å². The Morgan fingerprint density at radius 3 is 2.24 bits per heavy atom. The van der Waals surface area contributed by atoms with Crippen LogP contribution in [0.25, 0.3) is 0 Å². The second-order valence-corrected chi connectivity index (χ2v) is 4.67. The van der Waals surface area contributed by atoms with E-state index in [1.165, 1.54) is 19.3 Å². The fourth-order valence-electron chi connectivity index (χ4n) is 2.44. The molecule has 0 amide bonds. The summed E-state index contributed by atoms with van der Waals surface area (Å²) in [6.07, 6.45) is 3.19. The van der Waals surface area contributed by atoms with Gasteiger partial charge in [0, 0.05) is 0 Å². The van der Waals surface area contributed by atoms with Crippen molar-refractivity contribution in [2.24, 2.45) is 0 Å². The van der Waals surface area contributed by atoms with Gasteiger partial charge in [-0.25, -0.2) is 0 Å². The van der Waals surface area contributed by atoms with Gasteiger partial charge in [-0.3, -0.25) is 0 Å². The van der Waals surface area contributed by atoms with Crippen LogP contribution in [0.5, 0.6) is 0 Å². The van der Waals surface area contributed by atoms with E-state index in [2.05, 4.69) is 11.8 Å². The molecule has 2 atom stereocenters. The third-order valence-corrected chi connectivity index (χ3v) is 3.53. The van der Waals surface area contributed by atoms with Crippen molar-refractivity contribution in [2.45, 2.75) is 38.3 Å². The summed E-state index contributed by atoms with van der Waals surface area (Å²) >= 11 is 0. The Kier molecular flexibility index (Phi) is 6.30. The van der Waals surface area contributed by atoms with E-state index in [4.69, 9.17) is 0 Å². The zero-order chi connectivity index (χ0) is 11.4. The smallest absolute Gasteiger partial charge is 0.847 e. The Morgan fingerprint density at radius 2 is 1.65 bits per heavy atom. The van der Waals surface area contributed by atoms with Crippen molar-refractivity contribution in [3.63, 3.8) is 0 Å². The van der Waals surface area contributed by atoms with Gasteiger partial charge in [-0.15, -0.1) is 0 Å². The minimum Gasteiger partial charge on any atom is -0.847 e. The van der Waals surface area contributed by atoms with E-state index in [1.807, 2.05) is 30.3 Å². The van der Waals surface area contributed by atoms with E-state index in [1.54, 1.807) is 0 Å². The van der Waals surface area contributed by atoms with Crippen LogP contribution >= 0.6 is 0 Å². The van der Waals surface area contributed by atoms with Crippen LogP contribution in [0.2, 0.25) is 0 Å². The predicted octanol–water partition coefficient (Wildman–Crippen LogP) is -1.03. The van der Waals surface area contributed by atoms with Gasteiger partial charge in [0.1, 0.15) is 0 Å². The van der Waals surface area contributed by atoms with Crippen molar-refractivity contribution in [2.75, 3.05) is 13.1 Å². The quantitative estimate of drug-likeness (QED) is 0.615. The maximum Gasteiger partial charge on any atom is 1.00 e. The minimum absolute atomic E-state index is 0. The summed E-state index contributed by atoms with van der Waals surface area (Å²) in [7, 11) is 0. The third-order valence-electron chi connectivity index (χ3n) is 3.53. The van der Waals surface area contributed by atoms with Gasteiger partial charge in [-0.1, -0.05) is 55.3 Å². The number of piperidine rings is 1. The number of likely N-dealkylation sites (tertiary alicyclic amines) is 1. The molecule has 1 aromatic carbocycles. The normalized spacial score (nSPS) is 20.4. The van der Waals surface area contributed by atoms with Gasteiger partial charge in [0.15, 0.2) is 0 Å². The number of nitrogens with zero attached hydrogens (tertiary/aromatic N) is 1. The Bertz CT molecular complexity index is 311. The van der Waals surface area contributed by atoms with E-state index in [-0.39, 0.29) is 24.9 Å². The molecule has 0 spiro atoms. The molecule has 0 aliphatic carbocycles. The van der Waals surface area contributed by atoms with Crippen molar-refractivity contribution in [1.82, 2.24) is 4.90 Å². The number of hydrogen-bond acceptors (Lipinski definition) is 2. The Balaban J connectivity index is 0.00000144. The van der Waals surface area contributed by atoms with Crippen LogP contribution in [0.15, 0.2) is 30.3 Å². The molecular formula is C14H20LiNO. The van der Waals surface area contributed by atoms with Crippen LogP contribution in [0.4, 0.5) is 0 Å². The van der Waals surface area contributed by atoms with Crippen LogP contribution in [0.1, 0.15) is 37.9 Å². The maximum atomic E-state index is 12.3. The van der Waals surface area contributed by atoms with Gasteiger partial charge in [0.05, 0.1) is 0 Å². The Morgan fingerprint density at radius 1 is 1.06 bits per heavy atom. The fourth-order valence-corrected chi connectivity index (χ4v) is 2.44. The first kappa shape index (κ1) is 14.8. The molecule has 1 aliphatic heterocycles. The van der Waals surface area contributed by atoms with E-state index in [9.17, 15) is 5.11 Å². The predicted molar refractivity (Wildman–Crippen MR) is 64.1 cm³/mol. The van der Waals surface area contributed by atoms with Crippen molar-refractivity contribution >= 4 is 0 Å². The molecule has 1 fully saturated rings. The van der Waals surface area contributed by atoms with Crippen LogP contribution in [0, 0.1) is 0 Å². The van der Waals surface area contributed by atoms with E-state index in [0.29, 0.717) is 0 Å². The molecule has 0 aromatic heterocycles. The average molecular weight is 225 g/mol. The summed E-state index contributed by atoms with van der Waals surface area (Å²) in [6.45, 7) is 4.25. The molecular weight excluding hydrogens is 205 g/mol. The minimum atomic E-state index is -0.612. The summed E-state index contributed by atoms with van der Waals surface area (Å²) in [5.74, 6) is 0. The summed E-state index contributed by atoms with van der Waals surface area (Å²) < 4.78 is 0. The molecule has 2 nitrogen and oxygen atoms in total. The number of hydrogen-bond donors (Lipinski definition) is 0. The van der Waals surface area contributed by atoms with E-state index in [0.717, 1.165) is 18.7 Å². The van der Waals surface area contributed by atoms with Crippen molar-refractivity contribution < 1.29 is 24.0 Å². The molecule has 2 rings (SSSR count). The Labute approximate surface area is 116 Å². The molecule has 0 N–H and O–H groups in total. The molecule has 1 aliphatic rings. The van der Waals surface area contributed by atoms with Crippen molar-refractivity contribution in [1.29, 1.82) is 0 Å². The summed E-state index contributed by atoms with van der Waals surface area (Å²) in [5, 5.41) is 12.3. The Hall–Kier alpha value is -0.263. The molecule has 88 valence electrons. The molecule has 0 saturated carbocycles. The zero-order valence-electron chi connectivity index (χ0n) is 10.9.